The second-order valence-electron chi connectivity index (χ2n) is 9.84. The number of rotatable bonds is 6. The van der Waals surface area contributed by atoms with Gasteiger partial charge in [-0.2, -0.15) is 0 Å². The molecular formula is C44H30O. The van der Waals surface area contributed by atoms with E-state index in [9.17, 15) is 6.85 Å². The van der Waals surface area contributed by atoms with Crippen molar-refractivity contribution in [3.8, 4) is 33.4 Å². The molecule has 0 aliphatic carbocycles. The normalized spacial score (nSPS) is 19.6. The van der Waals surface area contributed by atoms with Gasteiger partial charge in [-0.05, 0) is 72.6 Å². The molecule has 1 aromatic heterocycles. The Bertz CT molecular complexity index is 3490. The second kappa shape index (κ2) is 11.0. The fourth-order valence-electron chi connectivity index (χ4n) is 5.72. The predicted molar refractivity (Wildman–Crippen MR) is 193 cm³/mol. The Balaban J connectivity index is 1.79. The van der Waals surface area contributed by atoms with Gasteiger partial charge in [-0.25, -0.2) is 0 Å². The van der Waals surface area contributed by atoms with Crippen LogP contribution in [0.1, 0.15) is 34.3 Å². The maximum atomic E-state index is 9.63. The first-order chi connectivity index (χ1) is 31.1. The van der Waals surface area contributed by atoms with Gasteiger partial charge in [-0.15, -0.1) is 0 Å². The van der Waals surface area contributed by atoms with Crippen LogP contribution in [-0.2, 0) is 0 Å². The SMILES string of the molecule is [2H]C=C([2H])/C([2H])=C(/[2H])C(=C[2H])c1ccc2oc3ccccc3c2c1-c1c2c([2H])c([2H])c([2H])c([2H])c2c(-c2c(-c3c([2H])c([2H])c([2H])c([2H])c3[2H])cc([2H])c([2H])c2[2H])c2c([2H])c([2H])c([2H])c([2H])c12. The maximum Gasteiger partial charge on any atom is 0.136 e. The third kappa shape index (κ3) is 4.32. The van der Waals surface area contributed by atoms with Crippen molar-refractivity contribution in [2.75, 3.05) is 0 Å². The van der Waals surface area contributed by atoms with Gasteiger partial charge in [0.2, 0.25) is 0 Å². The average molecular weight is 596 g/mol. The molecule has 1 nitrogen and oxygen atoms in total. The summed E-state index contributed by atoms with van der Waals surface area (Å²) in [6.07, 6.45) is 0. The summed E-state index contributed by atoms with van der Waals surface area (Å²) in [5.41, 5.74) is -2.64. The van der Waals surface area contributed by atoms with E-state index in [0.29, 0.717) is 18.5 Å². The molecule has 1 heteroatoms. The summed E-state index contributed by atoms with van der Waals surface area (Å²) in [5, 5.41) is -1.44. The van der Waals surface area contributed by atoms with Gasteiger partial charge in [0.15, 0.2) is 0 Å². The Hall–Kier alpha value is -5.92. The Morgan fingerprint density at radius 2 is 1.31 bits per heavy atom. The topological polar surface area (TPSA) is 13.1 Å². The molecule has 7 aromatic carbocycles. The van der Waals surface area contributed by atoms with Crippen LogP contribution in [0.5, 0.6) is 0 Å². The summed E-state index contributed by atoms with van der Waals surface area (Å²) < 4.78 is 193. The Kier molecular flexibility index (Phi) is 3.07. The number of hydrogen-bond donors (Lipinski definition) is 0. The molecular weight excluding hydrogens is 544 g/mol. The van der Waals surface area contributed by atoms with E-state index in [2.05, 4.69) is 0 Å². The van der Waals surface area contributed by atoms with Crippen molar-refractivity contribution in [3.05, 3.63) is 176 Å². The molecule has 0 aliphatic rings. The van der Waals surface area contributed by atoms with Crippen LogP contribution in [0.4, 0.5) is 0 Å². The molecule has 212 valence electrons. The number of para-hydroxylation sites is 1. The van der Waals surface area contributed by atoms with E-state index in [-0.39, 0.29) is 38.8 Å². The largest absolute Gasteiger partial charge is 0.456 e. The monoisotopic (exact) mass is 595 g/mol. The lowest BCUT2D eigenvalue weighted by molar-refractivity contribution is 0.669. The van der Waals surface area contributed by atoms with Crippen molar-refractivity contribution < 1.29 is 33.2 Å². The number of hydrogen-bond acceptors (Lipinski definition) is 1. The number of fused-ring (bicyclic) bond motifs is 5. The number of benzene rings is 7. The van der Waals surface area contributed by atoms with Gasteiger partial charge < -0.3 is 4.42 Å². The highest BCUT2D eigenvalue weighted by Gasteiger charge is 2.24. The highest BCUT2D eigenvalue weighted by molar-refractivity contribution is 6.27. The molecule has 0 unspecified atom stereocenters. The zero-order valence-electron chi connectivity index (χ0n) is 44.1. The zero-order valence-corrected chi connectivity index (χ0v) is 23.1. The first kappa shape index (κ1) is 12.6. The molecule has 0 saturated heterocycles. The molecule has 0 aliphatic heterocycles. The summed E-state index contributed by atoms with van der Waals surface area (Å²) in [6, 6.07) is -4.86. The van der Waals surface area contributed by atoms with Crippen molar-refractivity contribution >= 4 is 49.1 Å². The molecule has 0 saturated carbocycles. The van der Waals surface area contributed by atoms with E-state index < -0.39 is 159 Å². The minimum absolute atomic E-state index is 0.111. The summed E-state index contributed by atoms with van der Waals surface area (Å²) in [6.45, 7) is 1.22. The lowest BCUT2D eigenvalue weighted by Gasteiger charge is -2.21. The molecule has 0 fully saturated rings. The molecule has 0 bridgehead atoms. The van der Waals surface area contributed by atoms with Crippen molar-refractivity contribution in [3.63, 3.8) is 0 Å². The van der Waals surface area contributed by atoms with Gasteiger partial charge in [0, 0.05) is 16.3 Å². The van der Waals surface area contributed by atoms with Gasteiger partial charge in [-0.1, -0.05) is 158 Å². The summed E-state index contributed by atoms with van der Waals surface area (Å²) in [4.78, 5) is 0. The van der Waals surface area contributed by atoms with E-state index in [4.69, 9.17) is 26.3 Å². The van der Waals surface area contributed by atoms with Crippen molar-refractivity contribution in [1.82, 2.24) is 0 Å². The van der Waals surface area contributed by atoms with Gasteiger partial charge in [-0.3, -0.25) is 0 Å². The van der Waals surface area contributed by atoms with Crippen LogP contribution < -0.4 is 0 Å². The molecule has 0 atom stereocenters. The minimum Gasteiger partial charge on any atom is -0.456 e. The van der Waals surface area contributed by atoms with Crippen LogP contribution in [0.3, 0.4) is 0 Å². The van der Waals surface area contributed by atoms with Crippen molar-refractivity contribution in [1.29, 1.82) is 0 Å². The number of allylic oxidation sites excluding steroid dienone is 4. The van der Waals surface area contributed by atoms with Crippen LogP contribution in [0.15, 0.2) is 175 Å². The Morgan fingerprint density at radius 1 is 0.622 bits per heavy atom. The molecule has 0 N–H and O–H groups in total. The lowest BCUT2D eigenvalue weighted by atomic mass is 9.81. The highest BCUT2D eigenvalue weighted by Crippen LogP contribution is 2.50. The molecule has 0 amide bonds. The Labute approximate surface area is 292 Å². The molecule has 1 heterocycles. The minimum atomic E-state index is -0.863. The van der Waals surface area contributed by atoms with Gasteiger partial charge in [0.05, 0.1) is 28.8 Å². The van der Waals surface area contributed by atoms with Crippen LogP contribution in [0.2, 0.25) is 0 Å². The smallest absolute Gasteiger partial charge is 0.136 e. The van der Waals surface area contributed by atoms with E-state index in [1.54, 1.807) is 24.3 Å². The third-order valence-corrected chi connectivity index (χ3v) is 7.49. The van der Waals surface area contributed by atoms with E-state index in [0.717, 1.165) is 6.07 Å². The van der Waals surface area contributed by atoms with E-state index >= 15 is 0 Å². The molecule has 0 spiro atoms. The maximum absolute atomic E-state index is 9.63. The predicted octanol–water partition coefficient (Wildman–Crippen LogP) is 12.6. The second-order valence-corrected chi connectivity index (χ2v) is 9.84. The van der Waals surface area contributed by atoms with Gasteiger partial charge in [0.1, 0.15) is 11.2 Å². The van der Waals surface area contributed by atoms with Crippen LogP contribution in [0.25, 0.3) is 82.4 Å². The first-order valence-corrected chi connectivity index (χ1v) is 13.6. The fraction of sp³-hybridized carbons (Fsp3) is 0. The fourth-order valence-corrected chi connectivity index (χ4v) is 5.72. The molecule has 8 rings (SSSR count). The first-order valence-electron chi connectivity index (χ1n) is 24.2. The van der Waals surface area contributed by atoms with Gasteiger partial charge in [0.25, 0.3) is 0 Å². The third-order valence-electron chi connectivity index (χ3n) is 7.49. The van der Waals surface area contributed by atoms with Crippen LogP contribution in [0, 0.1) is 0 Å². The van der Waals surface area contributed by atoms with Crippen molar-refractivity contribution in [2.45, 2.75) is 0 Å². The van der Waals surface area contributed by atoms with Crippen LogP contribution >= 0.6 is 0 Å². The molecule has 0 radical (unpaired) electrons. The van der Waals surface area contributed by atoms with Crippen LogP contribution in [-0.4, -0.2) is 0 Å². The van der Waals surface area contributed by atoms with E-state index in [1.165, 1.54) is 12.1 Å². The average Bonchev–Trinajstić information content (AvgIpc) is 3.69. The summed E-state index contributed by atoms with van der Waals surface area (Å²) in [7, 11) is 0. The summed E-state index contributed by atoms with van der Waals surface area (Å²) in [5.74, 6) is 0. The molecule has 8 aromatic rings. The summed E-state index contributed by atoms with van der Waals surface area (Å²) >= 11 is 0. The van der Waals surface area contributed by atoms with Gasteiger partial charge >= 0.3 is 0 Å². The lowest BCUT2D eigenvalue weighted by Crippen LogP contribution is -1.95. The quantitative estimate of drug-likeness (QED) is 0.138. The number of furan rings is 1. The standard InChI is InChI=1S/C44H30O/c1-3-4-16-29(2)31-27-28-40-43(38-25-14-15-26-39(38)45-40)44(31)42-36-23-12-10-21-34(36)41(35-22-11-13-24-37(35)42)33-20-9-8-19-32(33)30-17-6-5-7-18-30/h3-28H,1-2H2/b16-4-/i1D,2D,3D,4D,5D,6D,7D,8D,9D,10D,11D,12D,13D,16D,17D,18D,20D,21D,22D,23D,24D/b3-1?,16-4-,29-2?. The zero-order chi connectivity index (χ0) is 48.3. The highest BCUT2D eigenvalue weighted by atomic mass is 16.3. The van der Waals surface area contributed by atoms with E-state index in [1.807, 2.05) is 0 Å². The van der Waals surface area contributed by atoms with Crippen molar-refractivity contribution in [2.24, 2.45) is 0 Å². The molecule has 45 heavy (non-hydrogen) atoms. The Morgan fingerprint density at radius 3 is 2.04 bits per heavy atom.